The normalized spacial score (nSPS) is 20.4. The standard InChI is InChI=1S/C16H23N3/c1-2-19(13-16-9-6-10-18-16)12-15(11-17)14-7-4-3-5-8-14/h3-5,7-8,15-16,18H,2,6,9-10,12-13H2,1H3. The lowest BCUT2D eigenvalue weighted by Gasteiger charge is -2.26. The van der Waals surface area contributed by atoms with Crippen molar-refractivity contribution in [3.8, 4) is 6.07 Å². The third kappa shape index (κ3) is 4.05. The highest BCUT2D eigenvalue weighted by molar-refractivity contribution is 5.25. The molecule has 2 unspecified atom stereocenters. The molecule has 0 spiro atoms. The van der Waals surface area contributed by atoms with Crippen LogP contribution in [-0.2, 0) is 0 Å². The van der Waals surface area contributed by atoms with Gasteiger partial charge in [-0.3, -0.25) is 0 Å². The Morgan fingerprint density at radius 3 is 2.79 bits per heavy atom. The van der Waals surface area contributed by atoms with Gasteiger partial charge in [0.1, 0.15) is 0 Å². The number of hydrogen-bond acceptors (Lipinski definition) is 3. The van der Waals surface area contributed by atoms with E-state index in [0.29, 0.717) is 6.04 Å². The van der Waals surface area contributed by atoms with Crippen LogP contribution in [0.25, 0.3) is 0 Å². The minimum absolute atomic E-state index is 0.0254. The Morgan fingerprint density at radius 2 is 2.21 bits per heavy atom. The summed E-state index contributed by atoms with van der Waals surface area (Å²) in [6, 6.07) is 13.2. The second-order valence-corrected chi connectivity index (χ2v) is 5.24. The number of nitrogens with one attached hydrogen (secondary N) is 1. The van der Waals surface area contributed by atoms with Crippen molar-refractivity contribution in [3.63, 3.8) is 0 Å². The van der Waals surface area contributed by atoms with Crippen LogP contribution in [0.5, 0.6) is 0 Å². The number of rotatable bonds is 6. The van der Waals surface area contributed by atoms with Crippen LogP contribution in [0.3, 0.4) is 0 Å². The molecule has 19 heavy (non-hydrogen) atoms. The average Bonchev–Trinajstić information content (AvgIpc) is 2.97. The Bertz CT molecular complexity index is 404. The monoisotopic (exact) mass is 257 g/mol. The average molecular weight is 257 g/mol. The summed E-state index contributed by atoms with van der Waals surface area (Å²) in [5.41, 5.74) is 1.13. The van der Waals surface area contributed by atoms with Crippen molar-refractivity contribution in [1.29, 1.82) is 5.26 Å². The van der Waals surface area contributed by atoms with Gasteiger partial charge in [-0.2, -0.15) is 5.26 Å². The van der Waals surface area contributed by atoms with Crippen LogP contribution in [0.2, 0.25) is 0 Å². The van der Waals surface area contributed by atoms with Crippen LogP contribution in [-0.4, -0.2) is 37.1 Å². The number of likely N-dealkylation sites (N-methyl/N-ethyl adjacent to an activating group) is 1. The van der Waals surface area contributed by atoms with Gasteiger partial charge >= 0.3 is 0 Å². The maximum Gasteiger partial charge on any atom is 0.0839 e. The summed E-state index contributed by atoms with van der Waals surface area (Å²) in [6.07, 6.45) is 2.54. The lowest BCUT2D eigenvalue weighted by atomic mass is 10.00. The van der Waals surface area contributed by atoms with Gasteiger partial charge < -0.3 is 10.2 Å². The fourth-order valence-electron chi connectivity index (χ4n) is 2.72. The van der Waals surface area contributed by atoms with Gasteiger partial charge in [0.05, 0.1) is 12.0 Å². The van der Waals surface area contributed by atoms with Crippen LogP contribution in [0.4, 0.5) is 0 Å². The quantitative estimate of drug-likeness (QED) is 0.850. The molecule has 0 radical (unpaired) electrons. The Balaban J connectivity index is 1.94. The fraction of sp³-hybridized carbons (Fsp3) is 0.562. The second kappa shape index (κ2) is 7.28. The zero-order valence-electron chi connectivity index (χ0n) is 11.7. The van der Waals surface area contributed by atoms with Gasteiger partial charge in [-0.1, -0.05) is 37.3 Å². The van der Waals surface area contributed by atoms with Crippen molar-refractivity contribution in [2.45, 2.75) is 31.7 Å². The molecular formula is C16H23N3. The van der Waals surface area contributed by atoms with E-state index >= 15 is 0 Å². The summed E-state index contributed by atoms with van der Waals surface area (Å²) in [4.78, 5) is 2.39. The van der Waals surface area contributed by atoms with Crippen molar-refractivity contribution in [3.05, 3.63) is 35.9 Å². The summed E-state index contributed by atoms with van der Waals surface area (Å²) in [5.74, 6) is -0.0254. The molecule has 1 aromatic carbocycles. The molecule has 0 aromatic heterocycles. The third-order valence-corrected chi connectivity index (χ3v) is 3.89. The highest BCUT2D eigenvalue weighted by atomic mass is 15.1. The van der Waals surface area contributed by atoms with E-state index < -0.39 is 0 Å². The van der Waals surface area contributed by atoms with Gasteiger partial charge in [0.25, 0.3) is 0 Å². The molecule has 0 amide bonds. The SMILES string of the molecule is CCN(CC1CCCN1)CC(C#N)c1ccccc1. The Kier molecular flexibility index (Phi) is 5.38. The lowest BCUT2D eigenvalue weighted by molar-refractivity contribution is 0.257. The van der Waals surface area contributed by atoms with E-state index in [1.165, 1.54) is 12.8 Å². The minimum Gasteiger partial charge on any atom is -0.313 e. The van der Waals surface area contributed by atoms with Gasteiger partial charge in [-0.25, -0.2) is 0 Å². The fourth-order valence-corrected chi connectivity index (χ4v) is 2.72. The van der Waals surface area contributed by atoms with Crippen LogP contribution >= 0.6 is 0 Å². The molecule has 3 nitrogen and oxygen atoms in total. The van der Waals surface area contributed by atoms with Gasteiger partial charge in [-0.05, 0) is 31.5 Å². The Hall–Kier alpha value is -1.37. The van der Waals surface area contributed by atoms with Crippen molar-refractivity contribution < 1.29 is 0 Å². The van der Waals surface area contributed by atoms with Crippen LogP contribution < -0.4 is 5.32 Å². The van der Waals surface area contributed by atoms with E-state index in [0.717, 1.165) is 31.7 Å². The van der Waals surface area contributed by atoms with Crippen LogP contribution in [0.1, 0.15) is 31.2 Å². The second-order valence-electron chi connectivity index (χ2n) is 5.24. The molecule has 1 saturated heterocycles. The zero-order chi connectivity index (χ0) is 13.5. The maximum atomic E-state index is 9.39. The molecule has 1 N–H and O–H groups in total. The predicted molar refractivity (Wildman–Crippen MR) is 77.9 cm³/mol. The van der Waals surface area contributed by atoms with Crippen molar-refractivity contribution >= 4 is 0 Å². The Labute approximate surface area is 116 Å². The molecule has 3 heteroatoms. The van der Waals surface area contributed by atoms with Crippen LogP contribution in [0.15, 0.2) is 30.3 Å². The van der Waals surface area contributed by atoms with Crippen molar-refractivity contribution in [1.82, 2.24) is 10.2 Å². The molecule has 1 aromatic rings. The first-order valence-corrected chi connectivity index (χ1v) is 7.23. The predicted octanol–water partition coefficient (Wildman–Crippen LogP) is 2.37. The minimum atomic E-state index is -0.0254. The molecule has 0 saturated carbocycles. The molecule has 0 bridgehead atoms. The zero-order valence-corrected chi connectivity index (χ0v) is 11.7. The number of benzene rings is 1. The van der Waals surface area contributed by atoms with Gasteiger partial charge in [0, 0.05) is 19.1 Å². The van der Waals surface area contributed by atoms with Gasteiger partial charge in [-0.15, -0.1) is 0 Å². The summed E-state index contributed by atoms with van der Waals surface area (Å²) in [6.45, 7) is 6.21. The number of nitriles is 1. The topological polar surface area (TPSA) is 39.1 Å². The first kappa shape index (κ1) is 14.0. The van der Waals surface area contributed by atoms with Crippen LogP contribution in [0, 0.1) is 11.3 Å². The van der Waals surface area contributed by atoms with E-state index in [-0.39, 0.29) is 5.92 Å². The number of nitrogens with zero attached hydrogens (tertiary/aromatic N) is 2. The molecule has 1 aliphatic rings. The molecule has 1 fully saturated rings. The van der Waals surface area contributed by atoms with E-state index in [4.69, 9.17) is 0 Å². The first-order valence-electron chi connectivity index (χ1n) is 7.23. The van der Waals surface area contributed by atoms with E-state index in [2.05, 4.69) is 35.3 Å². The van der Waals surface area contributed by atoms with Crippen molar-refractivity contribution in [2.75, 3.05) is 26.2 Å². The number of hydrogen-bond donors (Lipinski definition) is 1. The van der Waals surface area contributed by atoms with Gasteiger partial charge in [0.15, 0.2) is 0 Å². The lowest BCUT2D eigenvalue weighted by Crippen LogP contribution is -2.39. The molecular weight excluding hydrogens is 234 g/mol. The highest BCUT2D eigenvalue weighted by Crippen LogP contribution is 2.17. The summed E-state index contributed by atoms with van der Waals surface area (Å²) in [7, 11) is 0. The third-order valence-electron chi connectivity index (χ3n) is 3.89. The first-order chi connectivity index (χ1) is 9.33. The smallest absolute Gasteiger partial charge is 0.0839 e. The molecule has 1 aliphatic heterocycles. The summed E-state index contributed by atoms with van der Waals surface area (Å²) < 4.78 is 0. The van der Waals surface area contributed by atoms with E-state index in [1.54, 1.807) is 0 Å². The molecule has 0 aliphatic carbocycles. The van der Waals surface area contributed by atoms with E-state index in [1.807, 2.05) is 18.2 Å². The highest BCUT2D eigenvalue weighted by Gasteiger charge is 2.20. The molecule has 1 heterocycles. The molecule has 2 atom stereocenters. The van der Waals surface area contributed by atoms with Gasteiger partial charge in [0.2, 0.25) is 0 Å². The molecule has 2 rings (SSSR count). The largest absolute Gasteiger partial charge is 0.313 e. The summed E-state index contributed by atoms with van der Waals surface area (Å²) in [5, 5.41) is 12.9. The maximum absolute atomic E-state index is 9.39. The molecule has 102 valence electrons. The van der Waals surface area contributed by atoms with E-state index in [9.17, 15) is 5.26 Å². The van der Waals surface area contributed by atoms with Crippen molar-refractivity contribution in [2.24, 2.45) is 0 Å². The Morgan fingerprint density at radius 1 is 1.42 bits per heavy atom. The summed E-state index contributed by atoms with van der Waals surface area (Å²) >= 11 is 0.